The summed E-state index contributed by atoms with van der Waals surface area (Å²) in [7, 11) is -2.59. The van der Waals surface area contributed by atoms with Crippen molar-refractivity contribution in [3.63, 3.8) is 0 Å². The highest BCUT2D eigenvalue weighted by Gasteiger charge is 2.25. The topological polar surface area (TPSA) is 93.7 Å². The van der Waals surface area contributed by atoms with Gasteiger partial charge in [0, 0.05) is 18.7 Å². The Morgan fingerprint density at radius 1 is 1.21 bits per heavy atom. The average molecular weight is 412 g/mol. The van der Waals surface area contributed by atoms with Crippen LogP contribution in [0.15, 0.2) is 41.3 Å². The van der Waals surface area contributed by atoms with E-state index >= 15 is 0 Å². The molecule has 10 heteroatoms. The molecule has 1 atom stereocenters. The molecule has 2 aromatic carbocycles. The van der Waals surface area contributed by atoms with Crippen molar-refractivity contribution in [1.82, 2.24) is 4.72 Å². The number of carbonyl (C=O) groups is 1. The van der Waals surface area contributed by atoms with Crippen molar-refractivity contribution in [3.8, 4) is 5.75 Å². The highest BCUT2D eigenvalue weighted by atomic mass is 32.2. The maximum absolute atomic E-state index is 13.8. The van der Waals surface area contributed by atoms with Crippen molar-refractivity contribution in [1.29, 1.82) is 0 Å². The minimum Gasteiger partial charge on any atom is -0.496 e. The van der Waals surface area contributed by atoms with Crippen molar-refractivity contribution >= 4 is 21.6 Å². The van der Waals surface area contributed by atoms with E-state index in [9.17, 15) is 22.0 Å². The Kier molecular flexibility index (Phi) is 5.92. The van der Waals surface area contributed by atoms with E-state index in [1.54, 1.807) is 0 Å². The molecule has 7 nitrogen and oxygen atoms in total. The van der Waals surface area contributed by atoms with E-state index in [1.807, 2.05) is 0 Å². The molecule has 0 unspecified atom stereocenters. The summed E-state index contributed by atoms with van der Waals surface area (Å²) in [6.07, 6.45) is 0.548. The third-order valence-corrected chi connectivity index (χ3v) is 5.67. The van der Waals surface area contributed by atoms with Gasteiger partial charge in [0.05, 0.1) is 29.9 Å². The predicted molar refractivity (Wildman–Crippen MR) is 96.9 cm³/mol. The lowest BCUT2D eigenvalue weighted by atomic mass is 10.1. The highest BCUT2D eigenvalue weighted by Crippen LogP contribution is 2.25. The molecule has 0 aromatic heterocycles. The van der Waals surface area contributed by atoms with Crippen LogP contribution in [0.4, 0.5) is 14.5 Å². The minimum atomic E-state index is -3.90. The molecule has 1 aliphatic heterocycles. The Morgan fingerprint density at radius 2 is 2.00 bits per heavy atom. The number of hydrogen-bond acceptors (Lipinski definition) is 5. The molecule has 0 radical (unpaired) electrons. The Hall–Kier alpha value is -2.56. The van der Waals surface area contributed by atoms with Gasteiger partial charge in [-0.15, -0.1) is 0 Å². The van der Waals surface area contributed by atoms with Crippen LogP contribution in [0, 0.1) is 11.6 Å². The van der Waals surface area contributed by atoms with Gasteiger partial charge in [0.1, 0.15) is 17.4 Å². The first-order chi connectivity index (χ1) is 13.3. The Morgan fingerprint density at radius 3 is 2.64 bits per heavy atom. The summed E-state index contributed by atoms with van der Waals surface area (Å²) >= 11 is 0. The third kappa shape index (κ3) is 4.46. The summed E-state index contributed by atoms with van der Waals surface area (Å²) in [6.45, 7) is 0.735. The minimum absolute atomic E-state index is 0.100. The van der Waals surface area contributed by atoms with Crippen LogP contribution in [0.25, 0.3) is 0 Å². The maximum atomic E-state index is 13.8. The van der Waals surface area contributed by atoms with Gasteiger partial charge in [0.25, 0.3) is 5.91 Å². The first kappa shape index (κ1) is 20.2. The lowest BCUT2D eigenvalue weighted by molar-refractivity contribution is 0.102. The SMILES string of the molecule is COc1ccc(S(=O)(=O)N[C@H]2CCOC2)cc1C(=O)Nc1ccc(F)cc1F. The fourth-order valence-electron chi connectivity index (χ4n) is 2.73. The summed E-state index contributed by atoms with van der Waals surface area (Å²) in [5.74, 6) is -2.45. The van der Waals surface area contributed by atoms with E-state index < -0.39 is 27.6 Å². The number of benzene rings is 2. The van der Waals surface area contributed by atoms with Crippen molar-refractivity contribution < 1.29 is 31.5 Å². The molecule has 150 valence electrons. The number of rotatable bonds is 6. The Balaban J connectivity index is 1.88. The van der Waals surface area contributed by atoms with Crippen molar-refractivity contribution in [2.45, 2.75) is 17.4 Å². The van der Waals surface area contributed by atoms with Crippen LogP contribution < -0.4 is 14.8 Å². The number of methoxy groups -OCH3 is 1. The van der Waals surface area contributed by atoms with E-state index in [4.69, 9.17) is 9.47 Å². The van der Waals surface area contributed by atoms with Crippen LogP contribution in [-0.2, 0) is 14.8 Å². The van der Waals surface area contributed by atoms with Crippen LogP contribution >= 0.6 is 0 Å². The summed E-state index contributed by atoms with van der Waals surface area (Å²) in [5, 5.41) is 2.28. The van der Waals surface area contributed by atoms with Crippen LogP contribution in [0.5, 0.6) is 5.75 Å². The van der Waals surface area contributed by atoms with Gasteiger partial charge >= 0.3 is 0 Å². The van der Waals surface area contributed by atoms with Gasteiger partial charge in [-0.25, -0.2) is 21.9 Å². The van der Waals surface area contributed by atoms with Gasteiger partial charge in [-0.2, -0.15) is 0 Å². The number of nitrogens with one attached hydrogen (secondary N) is 2. The Bertz CT molecular complexity index is 991. The zero-order valence-corrected chi connectivity index (χ0v) is 15.7. The van der Waals surface area contributed by atoms with Gasteiger partial charge < -0.3 is 14.8 Å². The number of hydrogen-bond donors (Lipinski definition) is 2. The van der Waals surface area contributed by atoms with Crippen LogP contribution in [0.2, 0.25) is 0 Å². The highest BCUT2D eigenvalue weighted by molar-refractivity contribution is 7.89. The first-order valence-corrected chi connectivity index (χ1v) is 9.83. The summed E-state index contributed by atoms with van der Waals surface area (Å²) < 4.78 is 64.7. The lowest BCUT2D eigenvalue weighted by Gasteiger charge is -2.14. The Labute approximate surface area is 160 Å². The number of carbonyl (C=O) groups excluding carboxylic acids is 1. The number of anilines is 1. The van der Waals surface area contributed by atoms with Gasteiger partial charge in [-0.3, -0.25) is 4.79 Å². The monoisotopic (exact) mass is 412 g/mol. The number of sulfonamides is 1. The second-order valence-corrected chi connectivity index (χ2v) is 7.84. The van der Waals surface area contributed by atoms with Crippen molar-refractivity contribution in [2.75, 3.05) is 25.6 Å². The molecule has 28 heavy (non-hydrogen) atoms. The number of amides is 1. The molecular formula is C18H18F2N2O5S. The molecule has 1 fully saturated rings. The zero-order chi connectivity index (χ0) is 20.3. The standard InChI is InChI=1S/C18H18F2N2O5S/c1-26-17-5-3-13(28(24,25)22-12-6-7-27-10-12)9-14(17)18(23)21-16-4-2-11(19)8-15(16)20/h2-5,8-9,12,22H,6-7,10H2,1H3,(H,21,23)/t12-/m0/s1. The van der Waals surface area contributed by atoms with E-state index in [2.05, 4.69) is 10.0 Å². The second kappa shape index (κ2) is 8.21. The molecule has 0 saturated carbocycles. The largest absolute Gasteiger partial charge is 0.496 e. The number of halogens is 2. The van der Waals surface area contributed by atoms with Crippen LogP contribution in [0.3, 0.4) is 0 Å². The van der Waals surface area contributed by atoms with Gasteiger partial charge in [0.2, 0.25) is 10.0 Å². The molecule has 1 amide bonds. The molecule has 0 spiro atoms. The van der Waals surface area contributed by atoms with Gasteiger partial charge in [-0.05, 0) is 36.8 Å². The number of ether oxygens (including phenoxy) is 2. The average Bonchev–Trinajstić information content (AvgIpc) is 3.15. The molecule has 0 bridgehead atoms. The van der Waals surface area contributed by atoms with Crippen LogP contribution in [0.1, 0.15) is 16.8 Å². The molecule has 2 N–H and O–H groups in total. The van der Waals surface area contributed by atoms with Crippen molar-refractivity contribution in [2.24, 2.45) is 0 Å². The first-order valence-electron chi connectivity index (χ1n) is 8.34. The second-order valence-electron chi connectivity index (χ2n) is 6.12. The molecule has 2 aromatic rings. The maximum Gasteiger partial charge on any atom is 0.259 e. The fraction of sp³-hybridized carbons (Fsp3) is 0.278. The molecule has 1 saturated heterocycles. The predicted octanol–water partition coefficient (Wildman–Crippen LogP) is 2.29. The zero-order valence-electron chi connectivity index (χ0n) is 14.9. The van der Waals surface area contributed by atoms with E-state index in [1.165, 1.54) is 19.2 Å². The van der Waals surface area contributed by atoms with E-state index in [-0.39, 0.29) is 34.5 Å². The quantitative estimate of drug-likeness (QED) is 0.759. The van der Waals surface area contributed by atoms with Gasteiger partial charge in [-0.1, -0.05) is 0 Å². The summed E-state index contributed by atoms with van der Waals surface area (Å²) in [5.41, 5.74) is -0.361. The summed E-state index contributed by atoms with van der Waals surface area (Å²) in [6, 6.07) is 6.09. The van der Waals surface area contributed by atoms with Crippen LogP contribution in [-0.4, -0.2) is 40.7 Å². The van der Waals surface area contributed by atoms with E-state index in [0.717, 1.165) is 18.2 Å². The molecule has 0 aliphatic carbocycles. The summed E-state index contributed by atoms with van der Waals surface area (Å²) in [4.78, 5) is 12.4. The lowest BCUT2D eigenvalue weighted by Crippen LogP contribution is -2.35. The fourth-order valence-corrected chi connectivity index (χ4v) is 4.01. The third-order valence-electron chi connectivity index (χ3n) is 4.16. The molecular weight excluding hydrogens is 394 g/mol. The molecule has 3 rings (SSSR count). The molecule has 1 aliphatic rings. The molecule has 1 heterocycles. The smallest absolute Gasteiger partial charge is 0.259 e. The van der Waals surface area contributed by atoms with E-state index in [0.29, 0.717) is 19.1 Å². The van der Waals surface area contributed by atoms with Gasteiger partial charge in [0.15, 0.2) is 0 Å². The normalized spacial score (nSPS) is 16.8. The van der Waals surface area contributed by atoms with Crippen molar-refractivity contribution in [3.05, 3.63) is 53.6 Å².